The Morgan fingerprint density at radius 2 is 2.00 bits per heavy atom. The van der Waals surface area contributed by atoms with Crippen LogP contribution in [-0.4, -0.2) is 56.4 Å². The van der Waals surface area contributed by atoms with E-state index in [1.165, 1.54) is 0 Å². The molecule has 8 heteroatoms. The molecule has 1 aliphatic rings. The van der Waals surface area contributed by atoms with Crippen molar-refractivity contribution in [1.29, 1.82) is 0 Å². The van der Waals surface area contributed by atoms with E-state index in [4.69, 9.17) is 19.9 Å². The lowest BCUT2D eigenvalue weighted by Crippen LogP contribution is -2.38. The number of likely N-dealkylation sites (tertiary alicyclic amines) is 1. The molecule has 0 aliphatic carbocycles. The molecule has 1 amide bonds. The van der Waals surface area contributed by atoms with E-state index in [0.717, 1.165) is 12.0 Å². The van der Waals surface area contributed by atoms with E-state index >= 15 is 0 Å². The molecule has 1 saturated heterocycles. The van der Waals surface area contributed by atoms with Crippen LogP contribution in [0, 0.1) is 5.92 Å². The number of nitrogens with two attached hydrogens (primary N) is 1. The minimum absolute atomic E-state index is 0.259. The highest BCUT2D eigenvalue weighted by Gasteiger charge is 2.29. The Kier molecular flexibility index (Phi) is 7.37. The first kappa shape index (κ1) is 21.7. The Morgan fingerprint density at radius 1 is 1.29 bits per heavy atom. The SMILES string of the molecule is COc1ccc(CN=C(N)NCC2CCN(C(=O)OC(C)(C)C)C2)cc1OC. The largest absolute Gasteiger partial charge is 0.493 e. The highest BCUT2D eigenvalue weighted by atomic mass is 16.6. The number of carbonyl (C=O) groups is 1. The highest BCUT2D eigenvalue weighted by molar-refractivity contribution is 5.77. The molecular weight excluding hydrogens is 360 g/mol. The summed E-state index contributed by atoms with van der Waals surface area (Å²) in [5, 5.41) is 3.15. The fourth-order valence-corrected chi connectivity index (χ4v) is 2.95. The maximum absolute atomic E-state index is 12.1. The van der Waals surface area contributed by atoms with Gasteiger partial charge < -0.3 is 30.2 Å². The molecule has 8 nitrogen and oxygen atoms in total. The van der Waals surface area contributed by atoms with E-state index in [2.05, 4.69) is 10.3 Å². The average Bonchev–Trinajstić information content (AvgIpc) is 3.12. The lowest BCUT2D eigenvalue weighted by atomic mass is 10.1. The molecule has 1 aromatic rings. The molecule has 0 bridgehead atoms. The third-order valence-corrected chi connectivity index (χ3v) is 4.39. The molecule has 28 heavy (non-hydrogen) atoms. The van der Waals surface area contributed by atoms with Crippen LogP contribution in [0.5, 0.6) is 11.5 Å². The summed E-state index contributed by atoms with van der Waals surface area (Å²) >= 11 is 0. The zero-order chi connectivity index (χ0) is 20.7. The van der Waals surface area contributed by atoms with Crippen molar-refractivity contribution in [1.82, 2.24) is 10.2 Å². The molecule has 1 aliphatic heterocycles. The average molecular weight is 393 g/mol. The number of guanidine groups is 1. The molecule has 1 unspecified atom stereocenters. The van der Waals surface area contributed by atoms with Crippen LogP contribution in [0.25, 0.3) is 0 Å². The van der Waals surface area contributed by atoms with Crippen molar-refractivity contribution in [2.24, 2.45) is 16.6 Å². The van der Waals surface area contributed by atoms with Crippen molar-refractivity contribution < 1.29 is 19.0 Å². The summed E-state index contributed by atoms with van der Waals surface area (Å²) in [4.78, 5) is 18.2. The van der Waals surface area contributed by atoms with Crippen LogP contribution in [0.4, 0.5) is 4.79 Å². The van der Waals surface area contributed by atoms with E-state index in [1.54, 1.807) is 19.1 Å². The normalized spacial score (nSPS) is 17.4. The molecule has 156 valence electrons. The number of carbonyl (C=O) groups excluding carboxylic acids is 1. The molecule has 1 aromatic carbocycles. The van der Waals surface area contributed by atoms with Crippen LogP contribution >= 0.6 is 0 Å². The van der Waals surface area contributed by atoms with Gasteiger partial charge in [0.15, 0.2) is 17.5 Å². The van der Waals surface area contributed by atoms with Gasteiger partial charge in [-0.2, -0.15) is 0 Å². The van der Waals surface area contributed by atoms with Crippen molar-refractivity contribution in [2.45, 2.75) is 39.3 Å². The Morgan fingerprint density at radius 3 is 2.64 bits per heavy atom. The van der Waals surface area contributed by atoms with Gasteiger partial charge in [-0.15, -0.1) is 0 Å². The second-order valence-electron chi connectivity index (χ2n) is 7.85. The van der Waals surface area contributed by atoms with Crippen molar-refractivity contribution in [3.8, 4) is 11.5 Å². The van der Waals surface area contributed by atoms with Gasteiger partial charge in [-0.25, -0.2) is 9.79 Å². The number of ether oxygens (including phenoxy) is 3. The van der Waals surface area contributed by atoms with Crippen LogP contribution < -0.4 is 20.5 Å². The van der Waals surface area contributed by atoms with E-state index in [-0.39, 0.29) is 6.09 Å². The molecule has 1 atom stereocenters. The van der Waals surface area contributed by atoms with Crippen molar-refractivity contribution in [3.05, 3.63) is 23.8 Å². The van der Waals surface area contributed by atoms with Crippen LogP contribution in [0.1, 0.15) is 32.8 Å². The summed E-state index contributed by atoms with van der Waals surface area (Å²) in [6, 6.07) is 5.65. The van der Waals surface area contributed by atoms with Gasteiger partial charge in [-0.1, -0.05) is 6.07 Å². The topological polar surface area (TPSA) is 98.4 Å². The minimum atomic E-state index is -0.478. The summed E-state index contributed by atoms with van der Waals surface area (Å²) in [6.45, 7) is 8.07. The second-order valence-corrected chi connectivity index (χ2v) is 7.85. The van der Waals surface area contributed by atoms with Crippen LogP contribution in [0.3, 0.4) is 0 Å². The minimum Gasteiger partial charge on any atom is -0.493 e. The maximum Gasteiger partial charge on any atom is 0.410 e. The molecule has 3 N–H and O–H groups in total. The molecule has 0 spiro atoms. The lowest BCUT2D eigenvalue weighted by molar-refractivity contribution is 0.0288. The summed E-state index contributed by atoms with van der Waals surface area (Å²) in [5.41, 5.74) is 6.48. The number of methoxy groups -OCH3 is 2. The summed E-state index contributed by atoms with van der Waals surface area (Å²) in [5.74, 6) is 2.04. The zero-order valence-corrected chi connectivity index (χ0v) is 17.4. The molecule has 2 rings (SSSR count). The van der Waals surface area contributed by atoms with Gasteiger partial charge >= 0.3 is 6.09 Å². The molecule has 0 saturated carbocycles. The number of amides is 1. The number of benzene rings is 1. The second kappa shape index (κ2) is 9.52. The summed E-state index contributed by atoms with van der Waals surface area (Å²) in [7, 11) is 3.20. The Bertz CT molecular complexity index is 700. The fourth-order valence-electron chi connectivity index (χ4n) is 2.95. The smallest absolute Gasteiger partial charge is 0.410 e. The van der Waals surface area contributed by atoms with Gasteiger partial charge in [0.2, 0.25) is 0 Å². The lowest BCUT2D eigenvalue weighted by Gasteiger charge is -2.24. The third kappa shape index (κ3) is 6.51. The van der Waals surface area contributed by atoms with Crippen LogP contribution in [0.15, 0.2) is 23.2 Å². The fraction of sp³-hybridized carbons (Fsp3) is 0.600. The van der Waals surface area contributed by atoms with E-state index in [9.17, 15) is 4.79 Å². The van der Waals surface area contributed by atoms with Gasteiger partial charge in [-0.3, -0.25) is 0 Å². The molecule has 1 fully saturated rings. The highest BCUT2D eigenvalue weighted by Crippen LogP contribution is 2.27. The van der Waals surface area contributed by atoms with Gasteiger partial charge in [0.1, 0.15) is 5.60 Å². The number of rotatable bonds is 6. The predicted molar refractivity (Wildman–Crippen MR) is 109 cm³/mol. The van der Waals surface area contributed by atoms with Crippen LogP contribution in [-0.2, 0) is 11.3 Å². The van der Waals surface area contributed by atoms with Crippen molar-refractivity contribution >= 4 is 12.1 Å². The van der Waals surface area contributed by atoms with E-state index < -0.39 is 5.60 Å². The Hall–Kier alpha value is -2.64. The first-order valence-corrected chi connectivity index (χ1v) is 9.44. The Labute approximate surface area is 167 Å². The quantitative estimate of drug-likeness (QED) is 0.570. The molecule has 0 radical (unpaired) electrons. The van der Waals surface area contributed by atoms with E-state index in [1.807, 2.05) is 39.0 Å². The molecule has 0 aromatic heterocycles. The third-order valence-electron chi connectivity index (χ3n) is 4.39. The number of nitrogens with one attached hydrogen (secondary N) is 1. The first-order chi connectivity index (χ1) is 13.2. The zero-order valence-electron chi connectivity index (χ0n) is 17.4. The number of hydrogen-bond acceptors (Lipinski definition) is 5. The summed E-state index contributed by atoms with van der Waals surface area (Å²) in [6.07, 6.45) is 0.653. The number of hydrogen-bond donors (Lipinski definition) is 2. The molecular formula is C20H32N4O4. The monoisotopic (exact) mass is 392 g/mol. The molecule has 1 heterocycles. The standard InChI is InChI=1S/C20H32N4O4/c1-20(2,3)28-19(25)24-9-8-15(13-24)12-23-18(21)22-11-14-6-7-16(26-4)17(10-14)27-5/h6-7,10,15H,8-9,11-13H2,1-5H3,(H3,21,22,23). The first-order valence-electron chi connectivity index (χ1n) is 9.44. The van der Waals surface area contributed by atoms with Crippen LogP contribution in [0.2, 0.25) is 0 Å². The van der Waals surface area contributed by atoms with Crippen molar-refractivity contribution in [2.75, 3.05) is 33.9 Å². The Balaban J connectivity index is 1.79. The van der Waals surface area contributed by atoms with E-state index in [0.29, 0.717) is 49.6 Å². The maximum atomic E-state index is 12.1. The van der Waals surface area contributed by atoms with Gasteiger partial charge in [-0.05, 0) is 50.8 Å². The van der Waals surface area contributed by atoms with Gasteiger partial charge in [0.25, 0.3) is 0 Å². The number of nitrogens with zero attached hydrogens (tertiary/aromatic N) is 2. The van der Waals surface area contributed by atoms with Crippen molar-refractivity contribution in [3.63, 3.8) is 0 Å². The van der Waals surface area contributed by atoms with Gasteiger partial charge in [0, 0.05) is 19.6 Å². The van der Waals surface area contributed by atoms with Gasteiger partial charge in [0.05, 0.1) is 20.8 Å². The number of aliphatic imine (C=N–C) groups is 1. The predicted octanol–water partition coefficient (Wildman–Crippen LogP) is 2.37. The summed E-state index contributed by atoms with van der Waals surface area (Å²) < 4.78 is 15.9.